The molecule has 0 radical (unpaired) electrons. The van der Waals surface area contributed by atoms with Gasteiger partial charge in [0.1, 0.15) is 17.3 Å². The molecule has 2 N–H and O–H groups in total. The Morgan fingerprint density at radius 3 is 2.76 bits per heavy atom. The summed E-state index contributed by atoms with van der Waals surface area (Å²) in [6.45, 7) is 2.18. The highest BCUT2D eigenvalue weighted by Gasteiger charge is 2.20. The fourth-order valence-corrected chi connectivity index (χ4v) is 3.95. The number of nitrogens with zero attached hydrogens (tertiary/aromatic N) is 3. The molecule has 4 heterocycles. The average molecular weight is 391 g/mol. The van der Waals surface area contributed by atoms with Gasteiger partial charge in [0.15, 0.2) is 0 Å². The fraction of sp³-hybridized carbons (Fsp3) is 0.182. The minimum Gasteiger partial charge on any atom is -0.346 e. The summed E-state index contributed by atoms with van der Waals surface area (Å²) in [6.07, 6.45) is 8.53. The van der Waals surface area contributed by atoms with Gasteiger partial charge >= 0.3 is 0 Å². The first-order valence-corrected chi connectivity index (χ1v) is 9.51. The van der Waals surface area contributed by atoms with Gasteiger partial charge in [0.05, 0.1) is 17.5 Å². The normalized spacial score (nSPS) is 15.0. The predicted octanol–water partition coefficient (Wildman–Crippen LogP) is 4.52. The standard InChI is InChI=1S/C22H19F2N5/c23-18-4-1-5-19(24)20(18)21-15(11-27-28-21)13-29-9-6-14(7-10-29)17-12-26-22-16(17)3-2-8-25-22/h1-6,8,11-12H,7,9-10,13H2,(H,25,26)(H,27,28). The highest BCUT2D eigenvalue weighted by atomic mass is 19.1. The molecule has 0 aliphatic carbocycles. The van der Waals surface area contributed by atoms with E-state index < -0.39 is 11.6 Å². The maximum atomic E-state index is 14.2. The first-order valence-electron chi connectivity index (χ1n) is 9.51. The van der Waals surface area contributed by atoms with Gasteiger partial charge in [-0.3, -0.25) is 10.00 Å². The average Bonchev–Trinajstić information content (AvgIpc) is 3.36. The summed E-state index contributed by atoms with van der Waals surface area (Å²) in [5, 5.41) is 7.91. The van der Waals surface area contributed by atoms with Gasteiger partial charge in [-0.2, -0.15) is 5.10 Å². The molecule has 4 aromatic rings. The SMILES string of the molecule is Fc1cccc(F)c1-c1[nH]ncc1CN1CC=C(c2c[nH]c3ncccc23)CC1. The number of H-pyrrole nitrogens is 2. The molecular formula is C22H19F2N5. The van der Waals surface area contributed by atoms with Crippen molar-refractivity contribution in [2.24, 2.45) is 0 Å². The van der Waals surface area contributed by atoms with Gasteiger partial charge in [-0.1, -0.05) is 12.1 Å². The van der Waals surface area contributed by atoms with E-state index in [1.54, 1.807) is 12.4 Å². The second kappa shape index (κ2) is 7.25. The predicted molar refractivity (Wildman–Crippen MR) is 108 cm³/mol. The molecule has 0 unspecified atom stereocenters. The Morgan fingerprint density at radius 1 is 1.10 bits per heavy atom. The molecule has 7 heteroatoms. The monoisotopic (exact) mass is 391 g/mol. The second-order valence-corrected chi connectivity index (χ2v) is 7.18. The maximum absolute atomic E-state index is 14.2. The van der Waals surface area contributed by atoms with Crippen LogP contribution in [0.25, 0.3) is 27.9 Å². The zero-order valence-corrected chi connectivity index (χ0v) is 15.6. The molecule has 0 fully saturated rings. The van der Waals surface area contributed by atoms with E-state index in [2.05, 4.69) is 37.2 Å². The molecule has 0 amide bonds. The maximum Gasteiger partial charge on any atom is 0.137 e. The Kier molecular flexibility index (Phi) is 4.44. The summed E-state index contributed by atoms with van der Waals surface area (Å²) in [5.74, 6) is -1.19. The number of aromatic nitrogens is 4. The third-order valence-electron chi connectivity index (χ3n) is 5.41. The van der Waals surface area contributed by atoms with Gasteiger partial charge in [0.25, 0.3) is 0 Å². The molecule has 0 saturated carbocycles. The van der Waals surface area contributed by atoms with Gasteiger partial charge in [0.2, 0.25) is 0 Å². The minimum atomic E-state index is -0.593. The van der Waals surface area contributed by atoms with Crippen molar-refractivity contribution in [3.05, 3.63) is 77.8 Å². The van der Waals surface area contributed by atoms with Crippen molar-refractivity contribution >= 4 is 16.6 Å². The first kappa shape index (κ1) is 17.8. The largest absolute Gasteiger partial charge is 0.346 e. The van der Waals surface area contributed by atoms with Crippen LogP contribution in [0.5, 0.6) is 0 Å². The van der Waals surface area contributed by atoms with Crippen LogP contribution in [0.2, 0.25) is 0 Å². The Morgan fingerprint density at radius 2 is 1.97 bits per heavy atom. The highest BCUT2D eigenvalue weighted by Crippen LogP contribution is 2.31. The van der Waals surface area contributed by atoms with Crippen LogP contribution in [-0.2, 0) is 6.54 Å². The summed E-state index contributed by atoms with van der Waals surface area (Å²) in [5.41, 5.74) is 4.48. The number of rotatable bonds is 4. The van der Waals surface area contributed by atoms with Crippen LogP contribution >= 0.6 is 0 Å². The lowest BCUT2D eigenvalue weighted by molar-refractivity contribution is 0.294. The van der Waals surface area contributed by atoms with Crippen molar-refractivity contribution in [1.29, 1.82) is 0 Å². The highest BCUT2D eigenvalue weighted by molar-refractivity contribution is 5.90. The first-order chi connectivity index (χ1) is 14.2. The lowest BCUT2D eigenvalue weighted by Gasteiger charge is -2.26. The summed E-state index contributed by atoms with van der Waals surface area (Å²) >= 11 is 0. The van der Waals surface area contributed by atoms with Crippen molar-refractivity contribution in [3.8, 4) is 11.3 Å². The van der Waals surface area contributed by atoms with E-state index in [1.807, 2.05) is 12.3 Å². The van der Waals surface area contributed by atoms with Crippen molar-refractivity contribution in [2.75, 3.05) is 13.1 Å². The topological polar surface area (TPSA) is 60.6 Å². The van der Waals surface area contributed by atoms with Gasteiger partial charge in [0, 0.05) is 48.5 Å². The van der Waals surface area contributed by atoms with Gasteiger partial charge in [-0.15, -0.1) is 0 Å². The summed E-state index contributed by atoms with van der Waals surface area (Å²) < 4.78 is 28.4. The molecule has 3 aromatic heterocycles. The number of hydrogen-bond acceptors (Lipinski definition) is 3. The molecule has 29 heavy (non-hydrogen) atoms. The quantitative estimate of drug-likeness (QED) is 0.538. The number of halogens is 2. The molecule has 5 nitrogen and oxygen atoms in total. The molecule has 0 bridgehead atoms. The van der Waals surface area contributed by atoms with E-state index >= 15 is 0 Å². The third kappa shape index (κ3) is 3.23. The number of aromatic amines is 2. The lowest BCUT2D eigenvalue weighted by Crippen LogP contribution is -2.28. The smallest absolute Gasteiger partial charge is 0.137 e. The van der Waals surface area contributed by atoms with E-state index in [0.29, 0.717) is 12.2 Å². The van der Waals surface area contributed by atoms with Crippen molar-refractivity contribution in [2.45, 2.75) is 13.0 Å². The molecule has 0 spiro atoms. The molecule has 1 aliphatic heterocycles. The minimum absolute atomic E-state index is 0.0560. The van der Waals surface area contributed by atoms with Crippen LogP contribution in [0, 0.1) is 11.6 Å². The molecule has 1 aromatic carbocycles. The number of hydrogen-bond donors (Lipinski definition) is 2. The molecule has 146 valence electrons. The fourth-order valence-electron chi connectivity index (χ4n) is 3.95. The van der Waals surface area contributed by atoms with Gasteiger partial charge < -0.3 is 4.98 Å². The van der Waals surface area contributed by atoms with E-state index in [-0.39, 0.29) is 5.56 Å². The van der Waals surface area contributed by atoms with E-state index in [9.17, 15) is 8.78 Å². The molecule has 5 rings (SSSR count). The van der Waals surface area contributed by atoms with Gasteiger partial charge in [-0.05, 0) is 36.3 Å². The number of fused-ring (bicyclic) bond motifs is 1. The molecular weight excluding hydrogens is 372 g/mol. The zero-order valence-electron chi connectivity index (χ0n) is 15.6. The second-order valence-electron chi connectivity index (χ2n) is 7.18. The van der Waals surface area contributed by atoms with Crippen LogP contribution in [0.3, 0.4) is 0 Å². The van der Waals surface area contributed by atoms with Crippen LogP contribution < -0.4 is 0 Å². The van der Waals surface area contributed by atoms with E-state index in [0.717, 1.165) is 36.1 Å². The third-order valence-corrected chi connectivity index (χ3v) is 5.41. The number of benzene rings is 1. The summed E-state index contributed by atoms with van der Waals surface area (Å²) in [4.78, 5) is 9.81. The molecule has 0 saturated heterocycles. The van der Waals surface area contributed by atoms with Crippen molar-refractivity contribution < 1.29 is 8.78 Å². The van der Waals surface area contributed by atoms with Crippen LogP contribution in [-0.4, -0.2) is 38.2 Å². The van der Waals surface area contributed by atoms with E-state index in [1.165, 1.54) is 29.3 Å². The van der Waals surface area contributed by atoms with E-state index in [4.69, 9.17) is 0 Å². The Balaban J connectivity index is 1.36. The van der Waals surface area contributed by atoms with Gasteiger partial charge in [-0.25, -0.2) is 13.8 Å². The Labute approximate surface area is 166 Å². The zero-order chi connectivity index (χ0) is 19.8. The number of nitrogens with one attached hydrogen (secondary N) is 2. The van der Waals surface area contributed by atoms with Crippen molar-refractivity contribution in [1.82, 2.24) is 25.1 Å². The van der Waals surface area contributed by atoms with Crippen molar-refractivity contribution in [3.63, 3.8) is 0 Å². The Hall–Kier alpha value is -3.32. The number of pyridine rings is 1. The van der Waals surface area contributed by atoms with Crippen LogP contribution in [0.15, 0.2) is 55.0 Å². The van der Waals surface area contributed by atoms with Crippen LogP contribution in [0.1, 0.15) is 17.5 Å². The molecule has 1 aliphatic rings. The Bertz CT molecular complexity index is 1190. The van der Waals surface area contributed by atoms with Crippen LogP contribution in [0.4, 0.5) is 8.78 Å². The summed E-state index contributed by atoms with van der Waals surface area (Å²) in [7, 11) is 0. The molecule has 0 atom stereocenters. The summed E-state index contributed by atoms with van der Waals surface area (Å²) in [6, 6.07) is 7.89. The lowest BCUT2D eigenvalue weighted by atomic mass is 9.99.